The molecule has 0 aromatic heterocycles. The molecule has 0 radical (unpaired) electrons. The summed E-state index contributed by atoms with van der Waals surface area (Å²) in [5.41, 5.74) is 4.37. The quantitative estimate of drug-likeness (QED) is 0.896. The van der Waals surface area contributed by atoms with E-state index >= 15 is 0 Å². The molecule has 1 aliphatic rings. The SMILES string of the molecule is Cc1ccccc1CNCc1c(F)cccc1N1CCCC1. The molecule has 1 N–H and O–H groups in total. The normalized spacial score (nSPS) is 14.5. The molecule has 0 amide bonds. The van der Waals surface area contributed by atoms with Crippen LogP contribution >= 0.6 is 0 Å². The molecule has 1 fully saturated rings. The molecule has 0 unspecified atom stereocenters. The number of anilines is 1. The lowest BCUT2D eigenvalue weighted by atomic mass is 10.1. The van der Waals surface area contributed by atoms with Gasteiger partial charge < -0.3 is 10.2 Å². The predicted molar refractivity (Wildman–Crippen MR) is 89.6 cm³/mol. The highest BCUT2D eigenvalue weighted by Crippen LogP contribution is 2.26. The molecule has 22 heavy (non-hydrogen) atoms. The van der Waals surface area contributed by atoms with Crippen LogP contribution in [0.15, 0.2) is 42.5 Å². The van der Waals surface area contributed by atoms with Crippen LogP contribution in [0, 0.1) is 12.7 Å². The van der Waals surface area contributed by atoms with Crippen molar-refractivity contribution in [2.75, 3.05) is 18.0 Å². The van der Waals surface area contributed by atoms with Crippen LogP contribution in [0.2, 0.25) is 0 Å². The zero-order valence-electron chi connectivity index (χ0n) is 13.1. The highest BCUT2D eigenvalue weighted by molar-refractivity contribution is 5.54. The first-order chi connectivity index (χ1) is 10.8. The van der Waals surface area contributed by atoms with Gasteiger partial charge >= 0.3 is 0 Å². The van der Waals surface area contributed by atoms with Gasteiger partial charge in [0.1, 0.15) is 5.82 Å². The second-order valence-corrected chi connectivity index (χ2v) is 5.96. The molecule has 2 nitrogen and oxygen atoms in total. The van der Waals surface area contributed by atoms with Gasteiger partial charge in [-0.2, -0.15) is 0 Å². The third-order valence-electron chi connectivity index (χ3n) is 4.42. The number of halogens is 1. The molecule has 3 rings (SSSR count). The highest BCUT2D eigenvalue weighted by Gasteiger charge is 2.17. The third-order valence-corrected chi connectivity index (χ3v) is 4.42. The fraction of sp³-hybridized carbons (Fsp3) is 0.368. The molecular formula is C19H23FN2. The molecule has 2 aromatic rings. The Kier molecular flexibility index (Phi) is 4.74. The van der Waals surface area contributed by atoms with Crippen molar-refractivity contribution in [2.24, 2.45) is 0 Å². The van der Waals surface area contributed by atoms with Gasteiger partial charge in [0.05, 0.1) is 0 Å². The standard InChI is InChI=1S/C19H23FN2/c1-15-7-2-3-8-16(15)13-21-14-17-18(20)9-6-10-19(17)22-11-4-5-12-22/h2-3,6-10,21H,4-5,11-14H2,1H3. The lowest BCUT2D eigenvalue weighted by Crippen LogP contribution is -2.22. The summed E-state index contributed by atoms with van der Waals surface area (Å²) >= 11 is 0. The van der Waals surface area contributed by atoms with Crippen molar-refractivity contribution in [3.63, 3.8) is 0 Å². The lowest BCUT2D eigenvalue weighted by molar-refractivity contribution is 0.586. The largest absolute Gasteiger partial charge is 0.371 e. The molecule has 0 saturated carbocycles. The number of hydrogen-bond acceptors (Lipinski definition) is 2. The molecular weight excluding hydrogens is 275 g/mol. The smallest absolute Gasteiger partial charge is 0.129 e. The van der Waals surface area contributed by atoms with Gasteiger partial charge in [0.2, 0.25) is 0 Å². The maximum Gasteiger partial charge on any atom is 0.129 e. The Labute approximate surface area is 132 Å². The van der Waals surface area contributed by atoms with Gasteiger partial charge in [-0.05, 0) is 43.0 Å². The summed E-state index contributed by atoms with van der Waals surface area (Å²) in [5.74, 6) is -0.110. The van der Waals surface area contributed by atoms with E-state index in [4.69, 9.17) is 0 Å². The van der Waals surface area contributed by atoms with Crippen molar-refractivity contribution in [2.45, 2.75) is 32.9 Å². The van der Waals surface area contributed by atoms with Gasteiger partial charge in [-0.15, -0.1) is 0 Å². The molecule has 2 aromatic carbocycles. The van der Waals surface area contributed by atoms with E-state index in [1.807, 2.05) is 24.3 Å². The fourth-order valence-electron chi connectivity index (χ4n) is 3.11. The summed E-state index contributed by atoms with van der Waals surface area (Å²) in [4.78, 5) is 2.30. The van der Waals surface area contributed by atoms with Gasteiger partial charge in [0.25, 0.3) is 0 Å². The molecule has 1 heterocycles. The zero-order chi connectivity index (χ0) is 15.4. The van der Waals surface area contributed by atoms with Crippen LogP contribution in [0.4, 0.5) is 10.1 Å². The average molecular weight is 298 g/mol. The molecule has 116 valence electrons. The molecule has 0 spiro atoms. The van der Waals surface area contributed by atoms with E-state index in [1.165, 1.54) is 24.0 Å². The highest BCUT2D eigenvalue weighted by atomic mass is 19.1. The van der Waals surface area contributed by atoms with Crippen molar-refractivity contribution in [3.05, 3.63) is 65.0 Å². The number of nitrogens with zero attached hydrogens (tertiary/aromatic N) is 1. The summed E-state index contributed by atoms with van der Waals surface area (Å²) < 4.78 is 14.2. The van der Waals surface area contributed by atoms with E-state index in [0.29, 0.717) is 6.54 Å². The minimum absolute atomic E-state index is 0.110. The van der Waals surface area contributed by atoms with Crippen LogP contribution in [-0.4, -0.2) is 13.1 Å². The number of hydrogen-bond donors (Lipinski definition) is 1. The van der Waals surface area contributed by atoms with E-state index in [1.54, 1.807) is 6.07 Å². The van der Waals surface area contributed by atoms with Crippen molar-refractivity contribution < 1.29 is 4.39 Å². The Morgan fingerprint density at radius 3 is 2.55 bits per heavy atom. The maximum atomic E-state index is 14.2. The number of benzene rings is 2. The minimum atomic E-state index is -0.110. The third kappa shape index (κ3) is 3.30. The average Bonchev–Trinajstić information content (AvgIpc) is 3.05. The van der Waals surface area contributed by atoms with Crippen molar-refractivity contribution >= 4 is 5.69 Å². The Balaban J connectivity index is 1.70. The van der Waals surface area contributed by atoms with E-state index in [-0.39, 0.29) is 5.82 Å². The molecule has 3 heteroatoms. The molecule has 0 atom stereocenters. The van der Waals surface area contributed by atoms with E-state index in [9.17, 15) is 4.39 Å². The molecule has 1 saturated heterocycles. The van der Waals surface area contributed by atoms with Gasteiger partial charge in [-0.3, -0.25) is 0 Å². The Morgan fingerprint density at radius 1 is 1.00 bits per heavy atom. The number of rotatable bonds is 5. The van der Waals surface area contributed by atoms with Crippen LogP contribution in [-0.2, 0) is 13.1 Å². The van der Waals surface area contributed by atoms with Crippen molar-refractivity contribution in [3.8, 4) is 0 Å². The fourth-order valence-corrected chi connectivity index (χ4v) is 3.11. The van der Waals surface area contributed by atoms with Crippen molar-refractivity contribution in [1.29, 1.82) is 0 Å². The first-order valence-corrected chi connectivity index (χ1v) is 8.03. The first kappa shape index (κ1) is 15.0. The second-order valence-electron chi connectivity index (χ2n) is 5.96. The van der Waals surface area contributed by atoms with Crippen molar-refractivity contribution in [1.82, 2.24) is 5.32 Å². The van der Waals surface area contributed by atoms with Gasteiger partial charge in [-0.1, -0.05) is 30.3 Å². The van der Waals surface area contributed by atoms with Gasteiger partial charge in [0.15, 0.2) is 0 Å². The zero-order valence-corrected chi connectivity index (χ0v) is 13.1. The van der Waals surface area contributed by atoms with E-state index in [2.05, 4.69) is 29.3 Å². The Hall–Kier alpha value is -1.87. The number of aryl methyl sites for hydroxylation is 1. The number of nitrogens with one attached hydrogen (secondary N) is 1. The Bertz CT molecular complexity index is 633. The summed E-state index contributed by atoms with van der Waals surface area (Å²) in [7, 11) is 0. The predicted octanol–water partition coefficient (Wildman–Crippen LogP) is 4.02. The van der Waals surface area contributed by atoms with Gasteiger partial charge in [0, 0.05) is 37.4 Å². The van der Waals surface area contributed by atoms with E-state index in [0.717, 1.165) is 30.9 Å². The summed E-state index contributed by atoms with van der Waals surface area (Å²) in [6.45, 7) is 5.51. The lowest BCUT2D eigenvalue weighted by Gasteiger charge is -2.22. The van der Waals surface area contributed by atoms with Crippen LogP contribution in [0.5, 0.6) is 0 Å². The topological polar surface area (TPSA) is 15.3 Å². The van der Waals surface area contributed by atoms with Gasteiger partial charge in [-0.25, -0.2) is 4.39 Å². The second kappa shape index (κ2) is 6.93. The maximum absolute atomic E-state index is 14.2. The summed E-state index contributed by atoms with van der Waals surface area (Å²) in [5, 5.41) is 3.40. The summed E-state index contributed by atoms with van der Waals surface area (Å²) in [6.07, 6.45) is 2.40. The minimum Gasteiger partial charge on any atom is -0.371 e. The molecule has 0 bridgehead atoms. The summed E-state index contributed by atoms with van der Waals surface area (Å²) in [6, 6.07) is 13.7. The molecule has 1 aliphatic heterocycles. The first-order valence-electron chi connectivity index (χ1n) is 8.03. The van der Waals surface area contributed by atoms with Crippen LogP contribution < -0.4 is 10.2 Å². The van der Waals surface area contributed by atoms with E-state index < -0.39 is 0 Å². The molecule has 0 aliphatic carbocycles. The van der Waals surface area contributed by atoms with Crippen LogP contribution in [0.25, 0.3) is 0 Å². The van der Waals surface area contributed by atoms with Crippen LogP contribution in [0.3, 0.4) is 0 Å². The Morgan fingerprint density at radius 2 is 1.77 bits per heavy atom. The van der Waals surface area contributed by atoms with Crippen LogP contribution in [0.1, 0.15) is 29.5 Å². The monoisotopic (exact) mass is 298 g/mol.